The molecule has 24 heavy (non-hydrogen) atoms. The Balaban J connectivity index is 1.57. The van der Waals surface area contributed by atoms with Crippen molar-refractivity contribution in [2.24, 2.45) is 5.92 Å². The van der Waals surface area contributed by atoms with Crippen LogP contribution in [0.1, 0.15) is 31.7 Å². The molecular formula is C18H25N3O3. The molecule has 2 N–H and O–H groups in total. The Labute approximate surface area is 142 Å². The molecule has 0 bridgehead atoms. The van der Waals surface area contributed by atoms with Crippen molar-refractivity contribution in [3.8, 4) is 5.75 Å². The molecule has 2 aliphatic heterocycles. The first-order valence-electron chi connectivity index (χ1n) is 8.76. The standard InChI is InChI=1S/C18H25N3O3/c1-2-8-19-17(22)14-4-3-9-21(12-14)18(23)20-15-5-6-16-13(11-15)7-10-24-16/h5-6,11,14H,2-4,7-10,12H2,1H3,(H,19,22)(H,20,23)/t14-/m0/s1. The van der Waals surface area contributed by atoms with E-state index in [1.165, 1.54) is 0 Å². The molecule has 1 saturated heterocycles. The largest absolute Gasteiger partial charge is 0.493 e. The Morgan fingerprint density at radius 2 is 2.25 bits per heavy atom. The maximum atomic E-state index is 12.5. The van der Waals surface area contributed by atoms with Gasteiger partial charge in [0.15, 0.2) is 0 Å². The zero-order chi connectivity index (χ0) is 16.9. The van der Waals surface area contributed by atoms with E-state index in [9.17, 15) is 9.59 Å². The van der Waals surface area contributed by atoms with Gasteiger partial charge in [-0.1, -0.05) is 6.92 Å². The normalized spacial score (nSPS) is 19.4. The number of amides is 3. The molecule has 6 heteroatoms. The first-order chi connectivity index (χ1) is 11.7. The summed E-state index contributed by atoms with van der Waals surface area (Å²) in [4.78, 5) is 26.4. The van der Waals surface area contributed by atoms with E-state index in [-0.39, 0.29) is 17.9 Å². The number of nitrogens with one attached hydrogen (secondary N) is 2. The van der Waals surface area contributed by atoms with Crippen LogP contribution in [0.15, 0.2) is 18.2 Å². The van der Waals surface area contributed by atoms with E-state index in [2.05, 4.69) is 10.6 Å². The van der Waals surface area contributed by atoms with Gasteiger partial charge in [-0.15, -0.1) is 0 Å². The van der Waals surface area contributed by atoms with Gasteiger partial charge in [0, 0.05) is 31.7 Å². The van der Waals surface area contributed by atoms with Gasteiger partial charge < -0.3 is 20.3 Å². The summed E-state index contributed by atoms with van der Waals surface area (Å²) in [5.74, 6) is 0.854. The molecule has 1 aromatic rings. The highest BCUT2D eigenvalue weighted by Crippen LogP contribution is 2.28. The van der Waals surface area contributed by atoms with Crippen molar-refractivity contribution in [1.29, 1.82) is 0 Å². The summed E-state index contributed by atoms with van der Waals surface area (Å²) in [5, 5.41) is 5.87. The third-order valence-corrected chi connectivity index (χ3v) is 4.57. The molecule has 0 aliphatic carbocycles. The summed E-state index contributed by atoms with van der Waals surface area (Å²) in [6.45, 7) is 4.60. The topological polar surface area (TPSA) is 70.7 Å². The van der Waals surface area contributed by atoms with Gasteiger partial charge in [0.25, 0.3) is 0 Å². The lowest BCUT2D eigenvalue weighted by Crippen LogP contribution is -2.47. The van der Waals surface area contributed by atoms with Crippen LogP contribution >= 0.6 is 0 Å². The number of hydrogen-bond donors (Lipinski definition) is 2. The average Bonchev–Trinajstić information content (AvgIpc) is 3.07. The fraction of sp³-hybridized carbons (Fsp3) is 0.556. The van der Waals surface area contributed by atoms with E-state index in [0.717, 1.165) is 42.7 Å². The molecule has 130 valence electrons. The van der Waals surface area contributed by atoms with Crippen LogP contribution in [0.5, 0.6) is 5.75 Å². The van der Waals surface area contributed by atoms with Crippen LogP contribution < -0.4 is 15.4 Å². The summed E-state index contributed by atoms with van der Waals surface area (Å²) < 4.78 is 5.48. The van der Waals surface area contributed by atoms with E-state index in [1.54, 1.807) is 4.90 Å². The highest BCUT2D eigenvalue weighted by molar-refractivity contribution is 5.90. The molecule has 0 unspecified atom stereocenters. The number of piperidine rings is 1. The van der Waals surface area contributed by atoms with Crippen molar-refractivity contribution in [2.45, 2.75) is 32.6 Å². The Morgan fingerprint density at radius 1 is 1.38 bits per heavy atom. The van der Waals surface area contributed by atoms with E-state index in [1.807, 2.05) is 25.1 Å². The van der Waals surface area contributed by atoms with Gasteiger partial charge in [-0.3, -0.25) is 4.79 Å². The number of benzene rings is 1. The molecular weight excluding hydrogens is 306 g/mol. The molecule has 1 fully saturated rings. The number of urea groups is 1. The van der Waals surface area contributed by atoms with Crippen molar-refractivity contribution in [3.63, 3.8) is 0 Å². The van der Waals surface area contributed by atoms with Crippen molar-refractivity contribution >= 4 is 17.6 Å². The smallest absolute Gasteiger partial charge is 0.321 e. The van der Waals surface area contributed by atoms with Crippen LogP contribution in [0, 0.1) is 5.92 Å². The number of rotatable bonds is 4. The van der Waals surface area contributed by atoms with Crippen LogP contribution in [-0.2, 0) is 11.2 Å². The van der Waals surface area contributed by atoms with Crippen molar-refractivity contribution in [1.82, 2.24) is 10.2 Å². The number of carbonyl (C=O) groups excluding carboxylic acids is 2. The fourth-order valence-corrected chi connectivity index (χ4v) is 3.24. The highest BCUT2D eigenvalue weighted by Gasteiger charge is 2.28. The summed E-state index contributed by atoms with van der Waals surface area (Å²) in [7, 11) is 0. The number of fused-ring (bicyclic) bond motifs is 1. The average molecular weight is 331 g/mol. The summed E-state index contributed by atoms with van der Waals surface area (Å²) in [6, 6.07) is 5.59. The van der Waals surface area contributed by atoms with E-state index in [4.69, 9.17) is 4.74 Å². The summed E-state index contributed by atoms with van der Waals surface area (Å²) in [6.07, 6.45) is 3.50. The Hall–Kier alpha value is -2.24. The molecule has 1 atom stereocenters. The number of nitrogens with zero attached hydrogens (tertiary/aromatic N) is 1. The summed E-state index contributed by atoms with van der Waals surface area (Å²) in [5.41, 5.74) is 1.91. The van der Waals surface area contributed by atoms with Crippen LogP contribution in [0.4, 0.5) is 10.5 Å². The molecule has 0 saturated carbocycles. The van der Waals surface area contributed by atoms with Crippen LogP contribution in [0.2, 0.25) is 0 Å². The number of likely N-dealkylation sites (tertiary alicyclic amines) is 1. The first kappa shape index (κ1) is 16.6. The zero-order valence-electron chi connectivity index (χ0n) is 14.1. The molecule has 0 aromatic heterocycles. The lowest BCUT2D eigenvalue weighted by Gasteiger charge is -2.32. The lowest BCUT2D eigenvalue weighted by atomic mass is 9.97. The number of hydrogen-bond acceptors (Lipinski definition) is 3. The fourth-order valence-electron chi connectivity index (χ4n) is 3.24. The van der Waals surface area contributed by atoms with Gasteiger partial charge >= 0.3 is 6.03 Å². The van der Waals surface area contributed by atoms with Crippen LogP contribution in [-0.4, -0.2) is 43.1 Å². The van der Waals surface area contributed by atoms with Crippen LogP contribution in [0.25, 0.3) is 0 Å². The lowest BCUT2D eigenvalue weighted by molar-refractivity contribution is -0.126. The van der Waals surface area contributed by atoms with Crippen molar-refractivity contribution in [3.05, 3.63) is 23.8 Å². The Kier molecular flexibility index (Phi) is 5.23. The van der Waals surface area contributed by atoms with Crippen molar-refractivity contribution in [2.75, 3.05) is 31.6 Å². The van der Waals surface area contributed by atoms with E-state index >= 15 is 0 Å². The monoisotopic (exact) mass is 331 g/mol. The maximum absolute atomic E-state index is 12.5. The second kappa shape index (κ2) is 7.55. The SMILES string of the molecule is CCCNC(=O)[C@H]1CCCN(C(=O)Nc2ccc3c(c2)CCO3)C1. The second-order valence-electron chi connectivity index (χ2n) is 6.43. The third-order valence-electron chi connectivity index (χ3n) is 4.57. The van der Waals surface area contributed by atoms with Gasteiger partial charge in [-0.05, 0) is 43.0 Å². The molecule has 3 rings (SSSR count). The molecule has 2 aliphatic rings. The molecule has 2 heterocycles. The van der Waals surface area contributed by atoms with Gasteiger partial charge in [0.05, 0.1) is 12.5 Å². The van der Waals surface area contributed by atoms with Crippen molar-refractivity contribution < 1.29 is 14.3 Å². The number of anilines is 1. The minimum atomic E-state index is -0.137. The minimum absolute atomic E-state index is 0.0593. The highest BCUT2D eigenvalue weighted by atomic mass is 16.5. The predicted molar refractivity (Wildman–Crippen MR) is 92.3 cm³/mol. The molecule has 1 aromatic carbocycles. The molecule has 6 nitrogen and oxygen atoms in total. The second-order valence-corrected chi connectivity index (χ2v) is 6.43. The van der Waals surface area contributed by atoms with Gasteiger partial charge in [0.1, 0.15) is 5.75 Å². The Morgan fingerprint density at radius 3 is 3.08 bits per heavy atom. The summed E-state index contributed by atoms with van der Waals surface area (Å²) >= 11 is 0. The maximum Gasteiger partial charge on any atom is 0.321 e. The predicted octanol–water partition coefficient (Wildman–Crippen LogP) is 2.39. The van der Waals surface area contributed by atoms with E-state index in [0.29, 0.717) is 26.2 Å². The first-order valence-corrected chi connectivity index (χ1v) is 8.76. The molecule has 0 spiro atoms. The van der Waals surface area contributed by atoms with Crippen LogP contribution in [0.3, 0.4) is 0 Å². The van der Waals surface area contributed by atoms with E-state index < -0.39 is 0 Å². The van der Waals surface area contributed by atoms with Gasteiger partial charge in [0.2, 0.25) is 5.91 Å². The number of carbonyl (C=O) groups is 2. The Bertz CT molecular complexity index is 618. The zero-order valence-corrected chi connectivity index (χ0v) is 14.1. The van der Waals surface area contributed by atoms with Gasteiger partial charge in [-0.25, -0.2) is 4.79 Å². The van der Waals surface area contributed by atoms with Gasteiger partial charge in [-0.2, -0.15) is 0 Å². The third kappa shape index (κ3) is 3.80. The minimum Gasteiger partial charge on any atom is -0.493 e. The number of ether oxygens (including phenoxy) is 1. The molecule has 3 amide bonds. The molecule has 0 radical (unpaired) electrons. The quantitative estimate of drug-likeness (QED) is 0.890.